The second-order valence-electron chi connectivity index (χ2n) is 12.4. The molecule has 8 nitrogen and oxygen atoms in total. The van der Waals surface area contributed by atoms with Crippen molar-refractivity contribution in [2.75, 3.05) is 74.5 Å². The van der Waals surface area contributed by atoms with Gasteiger partial charge in [-0.15, -0.1) is 0 Å². The predicted octanol–water partition coefficient (Wildman–Crippen LogP) is 6.62. The summed E-state index contributed by atoms with van der Waals surface area (Å²) in [6.45, 7) is 9.84. The molecule has 0 atom stereocenters. The van der Waals surface area contributed by atoms with Crippen molar-refractivity contribution in [2.45, 2.75) is 122 Å². The summed E-state index contributed by atoms with van der Waals surface area (Å²) in [6.07, 6.45) is 22.9. The first-order chi connectivity index (χ1) is 20.2. The lowest BCUT2D eigenvalue weighted by Gasteiger charge is -2.22. The maximum Gasteiger partial charge on any atom is 0.229 e. The van der Waals surface area contributed by atoms with Crippen molar-refractivity contribution >= 4 is 23.5 Å². The molecule has 2 N–H and O–H groups in total. The third kappa shape index (κ3) is 14.1. The summed E-state index contributed by atoms with van der Waals surface area (Å²) in [5, 5.41) is 6.65. The van der Waals surface area contributed by atoms with Gasteiger partial charge in [0.1, 0.15) is 11.6 Å². The minimum atomic E-state index is 0.199. The van der Waals surface area contributed by atoms with Crippen molar-refractivity contribution in [1.29, 1.82) is 0 Å². The van der Waals surface area contributed by atoms with Crippen LogP contribution >= 0.6 is 0 Å². The van der Waals surface area contributed by atoms with Gasteiger partial charge < -0.3 is 25.3 Å². The topological polar surface area (TPSA) is 76.6 Å². The Kier molecular flexibility index (Phi) is 16.9. The summed E-state index contributed by atoms with van der Waals surface area (Å²) in [4.78, 5) is 29.0. The van der Waals surface area contributed by atoms with Crippen LogP contribution in [0.3, 0.4) is 0 Å². The van der Waals surface area contributed by atoms with Crippen LogP contribution in [-0.4, -0.2) is 80.2 Å². The normalized spacial score (nSPS) is 15.3. The van der Waals surface area contributed by atoms with Crippen LogP contribution in [0.25, 0.3) is 0 Å². The van der Waals surface area contributed by atoms with E-state index in [2.05, 4.69) is 45.4 Å². The van der Waals surface area contributed by atoms with Crippen molar-refractivity contribution in [3.63, 3.8) is 0 Å². The summed E-state index contributed by atoms with van der Waals surface area (Å²) >= 11 is 0. The van der Waals surface area contributed by atoms with Gasteiger partial charge in [-0.3, -0.25) is 4.79 Å². The molecule has 234 valence electrons. The number of amides is 1. The zero-order valence-electron chi connectivity index (χ0n) is 26.6. The molecule has 2 fully saturated rings. The van der Waals surface area contributed by atoms with Crippen LogP contribution in [0.15, 0.2) is 6.07 Å². The number of likely N-dealkylation sites (N-methyl/N-ethyl adjacent to an activating group) is 1. The minimum absolute atomic E-state index is 0.199. The van der Waals surface area contributed by atoms with E-state index in [1.165, 1.54) is 103 Å². The van der Waals surface area contributed by atoms with E-state index < -0.39 is 0 Å². The lowest BCUT2D eigenvalue weighted by molar-refractivity contribution is -0.121. The molecule has 3 heterocycles. The molecule has 0 aromatic carbocycles. The van der Waals surface area contributed by atoms with Crippen LogP contribution < -0.4 is 20.4 Å². The van der Waals surface area contributed by atoms with Crippen LogP contribution in [-0.2, 0) is 4.79 Å². The zero-order chi connectivity index (χ0) is 29.0. The highest BCUT2D eigenvalue weighted by Gasteiger charge is 2.20. The Balaban J connectivity index is 1.19. The fourth-order valence-electron chi connectivity index (χ4n) is 5.94. The largest absolute Gasteiger partial charge is 0.369 e. The molecule has 0 unspecified atom stereocenters. The number of nitrogens with one attached hydrogen (secondary N) is 2. The second kappa shape index (κ2) is 20.7. The Bertz CT molecular complexity index is 790. The van der Waals surface area contributed by atoms with Crippen LogP contribution in [0.5, 0.6) is 0 Å². The van der Waals surface area contributed by atoms with Gasteiger partial charge in [0.2, 0.25) is 11.9 Å². The maximum atomic E-state index is 12.2. The predicted molar refractivity (Wildman–Crippen MR) is 174 cm³/mol. The lowest BCUT2D eigenvalue weighted by Crippen LogP contribution is -2.35. The molecular weight excluding hydrogens is 510 g/mol. The summed E-state index contributed by atoms with van der Waals surface area (Å²) in [7, 11) is 2.12. The van der Waals surface area contributed by atoms with Crippen molar-refractivity contribution in [3.05, 3.63) is 6.07 Å². The number of unbranched alkanes of at least 4 members (excludes halogenated alkanes) is 12. The summed E-state index contributed by atoms with van der Waals surface area (Å²) in [5.41, 5.74) is 0. The van der Waals surface area contributed by atoms with Gasteiger partial charge in [0.25, 0.3) is 0 Å². The molecule has 41 heavy (non-hydrogen) atoms. The zero-order valence-corrected chi connectivity index (χ0v) is 26.6. The highest BCUT2D eigenvalue weighted by atomic mass is 16.1. The van der Waals surface area contributed by atoms with Gasteiger partial charge in [0.05, 0.1) is 0 Å². The fraction of sp³-hybridized carbons (Fsp3) is 0.848. The first kappa shape index (κ1) is 33.4. The average molecular weight is 572 g/mol. The molecule has 0 aliphatic carbocycles. The second-order valence-corrected chi connectivity index (χ2v) is 12.4. The highest BCUT2D eigenvalue weighted by Crippen LogP contribution is 2.25. The Morgan fingerprint density at radius 3 is 1.90 bits per heavy atom. The smallest absolute Gasteiger partial charge is 0.229 e. The molecule has 1 aromatic heterocycles. The van der Waals surface area contributed by atoms with Gasteiger partial charge in [-0.25, -0.2) is 0 Å². The minimum Gasteiger partial charge on any atom is -0.369 e. The standard InChI is InChI=1S/C33H61N7O/c1-3-4-5-6-7-8-9-10-11-12-13-14-15-20-32(41)35-22-28-38(2)27-21-34-30-29-31(39-23-16-17-24-39)37-33(36-30)40-25-18-19-26-40/h29H,3-28H2,1-2H3,(H,35,41)(H,34,36,37). The molecule has 0 spiro atoms. The Morgan fingerprint density at radius 1 is 0.756 bits per heavy atom. The average Bonchev–Trinajstić information content (AvgIpc) is 3.71. The van der Waals surface area contributed by atoms with Crippen molar-refractivity contribution in [1.82, 2.24) is 20.2 Å². The number of carbonyl (C=O) groups excluding carboxylic acids is 1. The quantitative estimate of drug-likeness (QED) is 0.143. The number of hydrogen-bond donors (Lipinski definition) is 2. The number of hydrogen-bond acceptors (Lipinski definition) is 7. The molecule has 2 aliphatic heterocycles. The summed E-state index contributed by atoms with van der Waals surface area (Å²) in [5.74, 6) is 3.04. The van der Waals surface area contributed by atoms with E-state index in [4.69, 9.17) is 9.97 Å². The highest BCUT2D eigenvalue weighted by molar-refractivity contribution is 5.75. The first-order valence-corrected chi connectivity index (χ1v) is 17.2. The first-order valence-electron chi connectivity index (χ1n) is 17.2. The van der Waals surface area contributed by atoms with Crippen LogP contribution in [0, 0.1) is 0 Å². The molecule has 0 saturated carbocycles. The van der Waals surface area contributed by atoms with Gasteiger partial charge >= 0.3 is 0 Å². The van der Waals surface area contributed by atoms with Crippen molar-refractivity contribution < 1.29 is 4.79 Å². The SMILES string of the molecule is CCCCCCCCCCCCCCCC(=O)NCCN(C)CCNc1cc(N2CCCC2)nc(N2CCCC2)n1. The Hall–Kier alpha value is -2.09. The third-order valence-electron chi connectivity index (χ3n) is 8.64. The monoisotopic (exact) mass is 571 g/mol. The van der Waals surface area contributed by atoms with Crippen molar-refractivity contribution in [2.24, 2.45) is 0 Å². The fourth-order valence-corrected chi connectivity index (χ4v) is 5.94. The molecule has 2 saturated heterocycles. The number of aromatic nitrogens is 2. The van der Waals surface area contributed by atoms with Gasteiger partial charge in [-0.2, -0.15) is 9.97 Å². The molecule has 8 heteroatoms. The van der Waals surface area contributed by atoms with Crippen LogP contribution in [0.2, 0.25) is 0 Å². The number of carbonyl (C=O) groups is 1. The Labute approximate surface area is 251 Å². The molecular formula is C33H61N7O. The van der Waals surface area contributed by atoms with Gasteiger partial charge in [0, 0.05) is 64.8 Å². The maximum absolute atomic E-state index is 12.2. The van der Waals surface area contributed by atoms with Crippen molar-refractivity contribution in [3.8, 4) is 0 Å². The van der Waals surface area contributed by atoms with E-state index in [-0.39, 0.29) is 5.91 Å². The third-order valence-corrected chi connectivity index (χ3v) is 8.64. The lowest BCUT2D eigenvalue weighted by atomic mass is 10.0. The van der Waals surface area contributed by atoms with Crippen LogP contribution in [0.1, 0.15) is 122 Å². The Morgan fingerprint density at radius 2 is 1.29 bits per heavy atom. The molecule has 1 aromatic rings. The molecule has 1 amide bonds. The number of rotatable bonds is 23. The van der Waals surface area contributed by atoms with E-state index in [0.29, 0.717) is 13.0 Å². The molecule has 3 rings (SSSR count). The van der Waals surface area contributed by atoms with E-state index in [9.17, 15) is 4.79 Å². The molecule has 0 radical (unpaired) electrons. The van der Waals surface area contributed by atoms with E-state index in [1.54, 1.807) is 0 Å². The van der Waals surface area contributed by atoms with Crippen LogP contribution in [0.4, 0.5) is 17.6 Å². The van der Waals surface area contributed by atoms with E-state index in [0.717, 1.165) is 69.8 Å². The summed E-state index contributed by atoms with van der Waals surface area (Å²) in [6, 6.07) is 2.11. The summed E-state index contributed by atoms with van der Waals surface area (Å²) < 4.78 is 0. The molecule has 2 aliphatic rings. The van der Waals surface area contributed by atoms with Gasteiger partial charge in [-0.1, -0.05) is 84.0 Å². The van der Waals surface area contributed by atoms with E-state index in [1.807, 2.05) is 0 Å². The number of nitrogens with zero attached hydrogens (tertiary/aromatic N) is 5. The van der Waals surface area contributed by atoms with Gasteiger partial charge in [0.15, 0.2) is 0 Å². The molecule has 0 bridgehead atoms. The van der Waals surface area contributed by atoms with E-state index >= 15 is 0 Å². The number of anilines is 3. The van der Waals surface area contributed by atoms with Gasteiger partial charge in [-0.05, 0) is 39.2 Å².